The number of fused-ring (bicyclic) bond motifs is 2. The van der Waals surface area contributed by atoms with Crippen LogP contribution in [0.5, 0.6) is 5.75 Å². The van der Waals surface area contributed by atoms with Gasteiger partial charge >= 0.3 is 0 Å². The summed E-state index contributed by atoms with van der Waals surface area (Å²) in [6.45, 7) is 1.83. The van der Waals surface area contributed by atoms with Crippen molar-refractivity contribution in [2.75, 3.05) is 13.1 Å². The highest BCUT2D eigenvalue weighted by Gasteiger charge is 2.34. The zero-order valence-electron chi connectivity index (χ0n) is 8.20. The second-order valence-electron chi connectivity index (χ2n) is 4.00. The zero-order chi connectivity index (χ0) is 9.54. The van der Waals surface area contributed by atoms with Crippen molar-refractivity contribution in [2.24, 2.45) is 5.92 Å². The monoisotopic (exact) mass is 229 g/mol. The molecule has 2 heterocycles. The normalized spacial score (nSPS) is 27.3. The van der Waals surface area contributed by atoms with Crippen molar-refractivity contribution in [2.45, 2.75) is 12.5 Å². The third-order valence-electron chi connectivity index (χ3n) is 3.10. The predicted octanol–water partition coefficient (Wildman–Crippen LogP) is 1.77. The van der Waals surface area contributed by atoms with Gasteiger partial charge in [-0.25, -0.2) is 4.39 Å². The molecule has 2 unspecified atom stereocenters. The third kappa shape index (κ3) is 1.70. The average Bonchev–Trinajstić information content (AvgIpc) is 2.62. The fourth-order valence-corrected chi connectivity index (χ4v) is 2.32. The third-order valence-corrected chi connectivity index (χ3v) is 3.10. The van der Waals surface area contributed by atoms with Crippen LogP contribution in [0, 0.1) is 11.7 Å². The van der Waals surface area contributed by atoms with Gasteiger partial charge in [0.25, 0.3) is 0 Å². The molecule has 0 spiro atoms. The van der Waals surface area contributed by atoms with Crippen LogP contribution >= 0.6 is 12.4 Å². The van der Waals surface area contributed by atoms with E-state index in [1.807, 2.05) is 6.07 Å². The lowest BCUT2D eigenvalue weighted by atomic mass is 9.93. The highest BCUT2D eigenvalue weighted by molar-refractivity contribution is 5.85. The van der Waals surface area contributed by atoms with E-state index in [0.717, 1.165) is 30.8 Å². The van der Waals surface area contributed by atoms with Gasteiger partial charge in [-0.1, -0.05) is 6.07 Å². The highest BCUT2D eigenvalue weighted by Crippen LogP contribution is 2.33. The smallest absolute Gasteiger partial charge is 0.130 e. The highest BCUT2D eigenvalue weighted by atomic mass is 35.5. The molecular weight excluding hydrogens is 217 g/mol. The Morgan fingerprint density at radius 1 is 1.33 bits per heavy atom. The van der Waals surface area contributed by atoms with E-state index < -0.39 is 0 Å². The van der Waals surface area contributed by atoms with Crippen molar-refractivity contribution in [3.8, 4) is 5.75 Å². The van der Waals surface area contributed by atoms with Gasteiger partial charge in [0.15, 0.2) is 0 Å². The van der Waals surface area contributed by atoms with E-state index in [9.17, 15) is 4.39 Å². The van der Waals surface area contributed by atoms with Gasteiger partial charge in [-0.3, -0.25) is 0 Å². The summed E-state index contributed by atoms with van der Waals surface area (Å²) in [7, 11) is 0. The molecule has 2 aliphatic rings. The minimum atomic E-state index is -0.132. The Hall–Kier alpha value is -0.800. The number of hydrogen-bond donors (Lipinski definition) is 1. The maximum atomic E-state index is 13.4. The molecule has 1 aromatic rings. The van der Waals surface area contributed by atoms with E-state index in [1.165, 1.54) is 6.07 Å². The second-order valence-corrected chi connectivity index (χ2v) is 4.00. The summed E-state index contributed by atoms with van der Waals surface area (Å²) >= 11 is 0. The molecule has 1 aromatic carbocycles. The number of halogens is 2. The van der Waals surface area contributed by atoms with Crippen LogP contribution in [-0.4, -0.2) is 19.2 Å². The molecular formula is C11H13ClFNO. The molecule has 2 aliphatic heterocycles. The summed E-state index contributed by atoms with van der Waals surface area (Å²) in [6.07, 6.45) is 1.05. The molecule has 1 saturated heterocycles. The first-order valence-electron chi connectivity index (χ1n) is 4.99. The molecule has 1 N–H and O–H groups in total. The Bertz CT molecular complexity index is 372. The van der Waals surface area contributed by atoms with Gasteiger partial charge in [0.1, 0.15) is 17.7 Å². The Balaban J connectivity index is 0.000000853. The standard InChI is InChI=1S/C11H12FNO.ClH/c12-9-2-1-3-10-8(9)4-7-5-13-6-11(7)14-10;/h1-3,7,11,13H,4-6H2;1H. The van der Waals surface area contributed by atoms with Gasteiger partial charge in [-0.15, -0.1) is 12.4 Å². The predicted molar refractivity (Wildman–Crippen MR) is 58.1 cm³/mol. The molecule has 4 heteroatoms. The number of benzene rings is 1. The SMILES string of the molecule is Cl.Fc1cccc2c1CC1CNCC1O2. The lowest BCUT2D eigenvalue weighted by molar-refractivity contribution is 0.150. The van der Waals surface area contributed by atoms with Gasteiger partial charge in [0, 0.05) is 24.6 Å². The lowest BCUT2D eigenvalue weighted by Crippen LogP contribution is -2.32. The van der Waals surface area contributed by atoms with Crippen molar-refractivity contribution in [1.29, 1.82) is 0 Å². The van der Waals surface area contributed by atoms with Gasteiger partial charge in [0.05, 0.1) is 0 Å². The molecule has 1 fully saturated rings. The molecule has 0 amide bonds. The first kappa shape index (κ1) is 10.7. The van der Waals surface area contributed by atoms with Crippen LogP contribution in [0.1, 0.15) is 5.56 Å². The van der Waals surface area contributed by atoms with E-state index in [4.69, 9.17) is 4.74 Å². The Morgan fingerprint density at radius 2 is 2.20 bits per heavy atom. The van der Waals surface area contributed by atoms with Crippen LogP contribution < -0.4 is 10.1 Å². The quantitative estimate of drug-likeness (QED) is 0.732. The maximum absolute atomic E-state index is 13.4. The number of nitrogens with one attached hydrogen (secondary N) is 1. The van der Waals surface area contributed by atoms with Gasteiger partial charge < -0.3 is 10.1 Å². The van der Waals surface area contributed by atoms with Crippen LogP contribution in [0.15, 0.2) is 18.2 Å². The first-order chi connectivity index (χ1) is 6.84. The minimum absolute atomic E-state index is 0. The van der Waals surface area contributed by atoms with Crippen LogP contribution in [-0.2, 0) is 6.42 Å². The van der Waals surface area contributed by atoms with Crippen LogP contribution in [0.25, 0.3) is 0 Å². The Morgan fingerprint density at radius 3 is 3.07 bits per heavy atom. The van der Waals surface area contributed by atoms with Crippen molar-refractivity contribution in [3.05, 3.63) is 29.6 Å². The minimum Gasteiger partial charge on any atom is -0.488 e. The van der Waals surface area contributed by atoms with E-state index in [2.05, 4.69) is 5.32 Å². The van der Waals surface area contributed by atoms with Crippen molar-refractivity contribution < 1.29 is 9.13 Å². The molecule has 2 atom stereocenters. The number of ether oxygens (including phenoxy) is 1. The van der Waals surface area contributed by atoms with Crippen molar-refractivity contribution in [1.82, 2.24) is 5.32 Å². The average molecular weight is 230 g/mol. The van der Waals surface area contributed by atoms with E-state index >= 15 is 0 Å². The Kier molecular flexibility index (Phi) is 2.85. The van der Waals surface area contributed by atoms with Crippen molar-refractivity contribution in [3.63, 3.8) is 0 Å². The van der Waals surface area contributed by atoms with E-state index in [-0.39, 0.29) is 24.3 Å². The molecule has 2 nitrogen and oxygen atoms in total. The van der Waals surface area contributed by atoms with Crippen LogP contribution in [0.3, 0.4) is 0 Å². The maximum Gasteiger partial charge on any atom is 0.130 e. The summed E-state index contributed by atoms with van der Waals surface area (Å²) in [5.74, 6) is 1.04. The van der Waals surface area contributed by atoms with Crippen LogP contribution in [0.2, 0.25) is 0 Å². The molecule has 0 bridgehead atoms. The lowest BCUT2D eigenvalue weighted by Gasteiger charge is -2.28. The van der Waals surface area contributed by atoms with E-state index in [0.29, 0.717) is 5.92 Å². The van der Waals surface area contributed by atoms with Crippen molar-refractivity contribution >= 4 is 12.4 Å². The summed E-state index contributed by atoms with van der Waals surface area (Å²) in [4.78, 5) is 0. The topological polar surface area (TPSA) is 21.3 Å². The summed E-state index contributed by atoms with van der Waals surface area (Å²) in [5, 5.41) is 3.27. The fourth-order valence-electron chi connectivity index (χ4n) is 2.32. The first-order valence-corrected chi connectivity index (χ1v) is 4.99. The van der Waals surface area contributed by atoms with E-state index in [1.54, 1.807) is 6.07 Å². The summed E-state index contributed by atoms with van der Waals surface area (Å²) in [5.41, 5.74) is 0.748. The molecule has 0 saturated carbocycles. The van der Waals surface area contributed by atoms with Gasteiger partial charge in [-0.05, 0) is 18.6 Å². The molecule has 0 aliphatic carbocycles. The zero-order valence-corrected chi connectivity index (χ0v) is 9.02. The molecule has 82 valence electrons. The molecule has 0 radical (unpaired) electrons. The Labute approximate surface area is 94.2 Å². The molecule has 15 heavy (non-hydrogen) atoms. The molecule has 3 rings (SSSR count). The summed E-state index contributed by atoms with van der Waals surface area (Å²) < 4.78 is 19.2. The summed E-state index contributed by atoms with van der Waals surface area (Å²) in [6, 6.07) is 5.06. The largest absolute Gasteiger partial charge is 0.488 e. The molecule has 0 aromatic heterocycles. The van der Waals surface area contributed by atoms with Gasteiger partial charge in [-0.2, -0.15) is 0 Å². The fraction of sp³-hybridized carbons (Fsp3) is 0.455. The second kappa shape index (κ2) is 3.99. The van der Waals surface area contributed by atoms with Crippen LogP contribution in [0.4, 0.5) is 4.39 Å². The number of hydrogen-bond acceptors (Lipinski definition) is 2. The van der Waals surface area contributed by atoms with Gasteiger partial charge in [0.2, 0.25) is 0 Å². The number of rotatable bonds is 0.